The summed E-state index contributed by atoms with van der Waals surface area (Å²) in [6.45, 7) is 0.996. The number of anilines is 1. The van der Waals surface area contributed by atoms with Crippen LogP contribution in [0, 0.1) is 0 Å². The highest BCUT2D eigenvalue weighted by molar-refractivity contribution is 7.13. The number of halogens is 3. The summed E-state index contributed by atoms with van der Waals surface area (Å²) in [6.07, 6.45) is -4.86. The number of hydrogen-bond donors (Lipinski definition) is 1. The molecule has 0 spiro atoms. The lowest BCUT2D eigenvalue weighted by Gasteiger charge is -2.14. The molecule has 1 aliphatic heterocycles. The molecule has 0 aliphatic carbocycles. The van der Waals surface area contributed by atoms with Gasteiger partial charge < -0.3 is 10.1 Å². The van der Waals surface area contributed by atoms with Crippen LogP contribution >= 0.6 is 11.3 Å². The predicted octanol–water partition coefficient (Wildman–Crippen LogP) is 4.72. The Morgan fingerprint density at radius 3 is 2.74 bits per heavy atom. The minimum absolute atomic E-state index is 0.122. The molecule has 0 unspecified atom stereocenters. The zero-order valence-corrected chi connectivity index (χ0v) is 16.8. The van der Waals surface area contributed by atoms with Crippen LogP contribution in [0.2, 0.25) is 0 Å². The molecule has 1 N–H and O–H groups in total. The van der Waals surface area contributed by atoms with Crippen molar-refractivity contribution in [2.45, 2.75) is 12.7 Å². The standard InChI is InChI=1S/C21H16F3N3O3S/c22-21(23,24)15-5-2-4-14(10-15)19-26-17(12-31-19)18(28)25-11-13-3-1-6-16(9-13)27-7-8-30-20(27)29/h1-6,9-10,12H,7-8,11H2,(H,25,28). The van der Waals surface area contributed by atoms with Crippen LogP contribution in [0.25, 0.3) is 10.6 Å². The third-order valence-corrected chi connectivity index (χ3v) is 5.50. The fourth-order valence-electron chi connectivity index (χ4n) is 3.07. The van der Waals surface area contributed by atoms with Crippen LogP contribution in [0.4, 0.5) is 23.7 Å². The third kappa shape index (κ3) is 4.69. The average Bonchev–Trinajstić information content (AvgIpc) is 3.41. The molecule has 31 heavy (non-hydrogen) atoms. The molecule has 0 bridgehead atoms. The van der Waals surface area contributed by atoms with Crippen molar-refractivity contribution in [1.82, 2.24) is 10.3 Å². The lowest BCUT2D eigenvalue weighted by Crippen LogP contribution is -2.25. The number of cyclic esters (lactones) is 1. The Morgan fingerprint density at radius 1 is 1.19 bits per heavy atom. The van der Waals surface area contributed by atoms with Crippen LogP contribution in [0.15, 0.2) is 53.9 Å². The molecule has 2 aromatic carbocycles. The molecule has 6 nitrogen and oxygen atoms in total. The van der Waals surface area contributed by atoms with Crippen LogP contribution in [0.5, 0.6) is 0 Å². The molecule has 1 aromatic heterocycles. The first-order chi connectivity index (χ1) is 14.8. The SMILES string of the molecule is O=C(NCc1cccc(N2CCOC2=O)c1)c1csc(-c2cccc(C(F)(F)F)c2)n1. The monoisotopic (exact) mass is 447 g/mol. The van der Waals surface area contributed by atoms with Crippen molar-refractivity contribution in [3.8, 4) is 10.6 Å². The van der Waals surface area contributed by atoms with Gasteiger partial charge in [0.25, 0.3) is 5.91 Å². The number of ether oxygens (including phenoxy) is 1. The van der Waals surface area contributed by atoms with Crippen LogP contribution in [0.3, 0.4) is 0 Å². The number of benzene rings is 2. The summed E-state index contributed by atoms with van der Waals surface area (Å²) in [5, 5.41) is 4.56. The van der Waals surface area contributed by atoms with Gasteiger partial charge in [-0.25, -0.2) is 9.78 Å². The number of nitrogens with one attached hydrogen (secondary N) is 1. The summed E-state index contributed by atoms with van der Waals surface area (Å²) >= 11 is 1.09. The van der Waals surface area contributed by atoms with Gasteiger partial charge in [0.15, 0.2) is 0 Å². The van der Waals surface area contributed by atoms with E-state index in [0.717, 1.165) is 29.0 Å². The summed E-state index contributed by atoms with van der Waals surface area (Å²) in [7, 11) is 0. The number of rotatable bonds is 5. The quantitative estimate of drug-likeness (QED) is 0.615. The second kappa shape index (κ2) is 8.38. The van der Waals surface area contributed by atoms with Crippen molar-refractivity contribution in [1.29, 1.82) is 0 Å². The van der Waals surface area contributed by atoms with E-state index in [1.54, 1.807) is 24.3 Å². The Labute approximate surface area is 179 Å². The molecular formula is C21H16F3N3O3S. The van der Waals surface area contributed by atoms with Gasteiger partial charge in [-0.3, -0.25) is 9.69 Å². The topological polar surface area (TPSA) is 71.5 Å². The Hall–Kier alpha value is -3.40. The summed E-state index contributed by atoms with van der Waals surface area (Å²) in [4.78, 5) is 29.8. The van der Waals surface area contributed by atoms with Gasteiger partial charge in [-0.15, -0.1) is 11.3 Å². The number of carbonyl (C=O) groups excluding carboxylic acids is 2. The number of carbonyl (C=O) groups is 2. The van der Waals surface area contributed by atoms with Gasteiger partial charge >= 0.3 is 12.3 Å². The van der Waals surface area contributed by atoms with Crippen LogP contribution < -0.4 is 10.2 Å². The van der Waals surface area contributed by atoms with Crippen LogP contribution in [-0.4, -0.2) is 30.1 Å². The first-order valence-electron chi connectivity index (χ1n) is 9.26. The van der Waals surface area contributed by atoms with Gasteiger partial charge in [0, 0.05) is 23.2 Å². The van der Waals surface area contributed by atoms with Crippen molar-refractivity contribution >= 4 is 29.0 Å². The van der Waals surface area contributed by atoms with E-state index in [2.05, 4.69) is 10.3 Å². The van der Waals surface area contributed by atoms with Gasteiger partial charge in [-0.2, -0.15) is 13.2 Å². The summed E-state index contributed by atoms with van der Waals surface area (Å²) in [6, 6.07) is 12.0. The van der Waals surface area contributed by atoms with Crippen molar-refractivity contribution in [2.75, 3.05) is 18.1 Å². The van der Waals surface area contributed by atoms with Crippen LogP contribution in [-0.2, 0) is 17.5 Å². The number of thiazole rings is 1. The van der Waals surface area contributed by atoms with E-state index in [4.69, 9.17) is 4.74 Å². The fourth-order valence-corrected chi connectivity index (χ4v) is 3.87. The van der Waals surface area contributed by atoms with Crippen molar-refractivity contribution in [3.05, 3.63) is 70.7 Å². The highest BCUT2D eigenvalue weighted by Gasteiger charge is 2.30. The van der Waals surface area contributed by atoms with Gasteiger partial charge in [0.1, 0.15) is 17.3 Å². The largest absolute Gasteiger partial charge is 0.447 e. The molecule has 1 aliphatic rings. The van der Waals surface area contributed by atoms with Crippen molar-refractivity contribution in [3.63, 3.8) is 0 Å². The molecule has 160 valence electrons. The molecule has 1 fully saturated rings. The predicted molar refractivity (Wildman–Crippen MR) is 109 cm³/mol. The Balaban J connectivity index is 1.43. The zero-order valence-electron chi connectivity index (χ0n) is 16.0. The minimum atomic E-state index is -4.45. The number of hydrogen-bond acceptors (Lipinski definition) is 5. The van der Waals surface area contributed by atoms with Gasteiger partial charge in [0.2, 0.25) is 0 Å². The van der Waals surface area contributed by atoms with Crippen LogP contribution in [0.1, 0.15) is 21.6 Å². The minimum Gasteiger partial charge on any atom is -0.447 e. The van der Waals surface area contributed by atoms with E-state index in [9.17, 15) is 22.8 Å². The van der Waals surface area contributed by atoms with E-state index in [1.807, 2.05) is 0 Å². The maximum absolute atomic E-state index is 12.9. The third-order valence-electron chi connectivity index (χ3n) is 4.61. The fraction of sp³-hybridized carbons (Fsp3) is 0.190. The van der Waals surface area contributed by atoms with E-state index >= 15 is 0 Å². The average molecular weight is 447 g/mol. The second-order valence-electron chi connectivity index (χ2n) is 6.74. The number of amides is 2. The summed E-state index contributed by atoms with van der Waals surface area (Å²) in [5.74, 6) is -0.444. The first kappa shape index (κ1) is 20.9. The molecule has 0 atom stereocenters. The van der Waals surface area contributed by atoms with E-state index in [0.29, 0.717) is 29.4 Å². The highest BCUT2D eigenvalue weighted by atomic mass is 32.1. The molecule has 3 aromatic rings. The smallest absolute Gasteiger partial charge is 0.416 e. The van der Waals surface area contributed by atoms with Crippen molar-refractivity contribution in [2.24, 2.45) is 0 Å². The van der Waals surface area contributed by atoms with E-state index in [-0.39, 0.29) is 12.2 Å². The molecule has 2 heterocycles. The van der Waals surface area contributed by atoms with E-state index < -0.39 is 23.7 Å². The lowest BCUT2D eigenvalue weighted by molar-refractivity contribution is -0.137. The Morgan fingerprint density at radius 2 is 2.00 bits per heavy atom. The second-order valence-corrected chi connectivity index (χ2v) is 7.59. The first-order valence-corrected chi connectivity index (χ1v) is 10.1. The number of aromatic nitrogens is 1. The Bertz CT molecular complexity index is 1130. The molecule has 2 amide bonds. The highest BCUT2D eigenvalue weighted by Crippen LogP contribution is 2.33. The molecule has 10 heteroatoms. The zero-order chi connectivity index (χ0) is 22.0. The van der Waals surface area contributed by atoms with Gasteiger partial charge in [0.05, 0.1) is 12.1 Å². The Kier molecular flexibility index (Phi) is 5.64. The molecule has 0 saturated carbocycles. The summed E-state index contributed by atoms with van der Waals surface area (Å²) < 4.78 is 43.7. The maximum Gasteiger partial charge on any atom is 0.416 e. The molecular weight excluding hydrogens is 431 g/mol. The normalized spacial score (nSPS) is 13.9. The lowest BCUT2D eigenvalue weighted by atomic mass is 10.1. The van der Waals surface area contributed by atoms with Gasteiger partial charge in [-0.05, 0) is 29.8 Å². The molecule has 1 saturated heterocycles. The number of alkyl halides is 3. The maximum atomic E-state index is 12.9. The van der Waals surface area contributed by atoms with Gasteiger partial charge in [-0.1, -0.05) is 24.3 Å². The van der Waals surface area contributed by atoms with E-state index in [1.165, 1.54) is 22.4 Å². The van der Waals surface area contributed by atoms with Crippen molar-refractivity contribution < 1.29 is 27.5 Å². The molecule has 4 rings (SSSR count). The molecule has 0 radical (unpaired) electrons. The summed E-state index contributed by atoms with van der Waals surface area (Å²) in [5.41, 5.74) is 1.10. The number of nitrogens with zero attached hydrogens (tertiary/aromatic N) is 2.